The first kappa shape index (κ1) is 12.9. The minimum atomic E-state index is -0.190. The van der Waals surface area contributed by atoms with E-state index in [4.69, 9.17) is 5.73 Å². The molecule has 0 saturated heterocycles. The van der Waals surface area contributed by atoms with E-state index in [0.717, 1.165) is 0 Å². The molecular weight excluding hydrogens is 247 g/mol. The molecule has 5 heteroatoms. The van der Waals surface area contributed by atoms with E-state index in [2.05, 4.69) is 4.98 Å². The maximum absolute atomic E-state index is 13.9. The van der Waals surface area contributed by atoms with Gasteiger partial charge in [0.1, 0.15) is 5.82 Å². The number of benzene rings is 1. The van der Waals surface area contributed by atoms with Gasteiger partial charge in [0.15, 0.2) is 5.13 Å². The van der Waals surface area contributed by atoms with Gasteiger partial charge >= 0.3 is 0 Å². The summed E-state index contributed by atoms with van der Waals surface area (Å²) < 4.78 is 13.9. The molecule has 86 valence electrons. The van der Waals surface area contributed by atoms with Crippen molar-refractivity contribution in [3.63, 3.8) is 0 Å². The van der Waals surface area contributed by atoms with Crippen molar-refractivity contribution < 1.29 is 4.39 Å². The first-order valence-electron chi connectivity index (χ1n) is 4.71. The van der Waals surface area contributed by atoms with Gasteiger partial charge in [-0.25, -0.2) is 9.37 Å². The van der Waals surface area contributed by atoms with E-state index in [9.17, 15) is 4.39 Å². The smallest absolute Gasteiger partial charge is 0.180 e. The van der Waals surface area contributed by atoms with Crippen LogP contribution in [0.15, 0.2) is 23.6 Å². The lowest BCUT2D eigenvalue weighted by molar-refractivity contribution is 0.615. The van der Waals surface area contributed by atoms with Crippen molar-refractivity contribution in [3.8, 4) is 11.3 Å². The van der Waals surface area contributed by atoms with Gasteiger partial charge in [0.25, 0.3) is 0 Å². The molecule has 0 aliphatic carbocycles. The van der Waals surface area contributed by atoms with Gasteiger partial charge in [0.2, 0.25) is 0 Å². The number of nitrogens with zero attached hydrogens (tertiary/aromatic N) is 1. The van der Waals surface area contributed by atoms with Crippen molar-refractivity contribution in [2.24, 2.45) is 0 Å². The Labute approximate surface area is 104 Å². The highest BCUT2D eigenvalue weighted by Crippen LogP contribution is 2.27. The molecule has 0 radical (unpaired) electrons. The van der Waals surface area contributed by atoms with Crippen molar-refractivity contribution in [2.45, 2.75) is 13.3 Å². The van der Waals surface area contributed by atoms with Gasteiger partial charge in [-0.3, -0.25) is 0 Å². The molecule has 0 atom stereocenters. The molecule has 0 saturated carbocycles. The molecule has 2 nitrogen and oxygen atoms in total. The van der Waals surface area contributed by atoms with Crippen LogP contribution in [0.5, 0.6) is 0 Å². The van der Waals surface area contributed by atoms with Gasteiger partial charge in [-0.05, 0) is 18.1 Å². The number of aromatic nitrogens is 1. The number of anilines is 1. The van der Waals surface area contributed by atoms with Crippen LogP contribution in [0.2, 0.25) is 0 Å². The molecule has 0 aliphatic heterocycles. The summed E-state index contributed by atoms with van der Waals surface area (Å²) in [5.41, 5.74) is 7.37. The SMILES string of the molecule is CCc1cccc(-c2csc(N)n2)c1F.Cl. The molecule has 2 N–H and O–H groups in total. The van der Waals surface area contributed by atoms with Gasteiger partial charge in [-0.1, -0.05) is 19.1 Å². The third kappa shape index (κ3) is 2.33. The summed E-state index contributed by atoms with van der Waals surface area (Å²) >= 11 is 1.32. The third-order valence-electron chi connectivity index (χ3n) is 2.26. The molecule has 0 unspecified atom stereocenters. The minimum absolute atomic E-state index is 0. The summed E-state index contributed by atoms with van der Waals surface area (Å²) in [4.78, 5) is 4.07. The van der Waals surface area contributed by atoms with E-state index in [1.54, 1.807) is 17.5 Å². The van der Waals surface area contributed by atoms with Crippen LogP contribution >= 0.6 is 23.7 Å². The predicted octanol–water partition coefficient (Wildman–Crippen LogP) is 3.52. The van der Waals surface area contributed by atoms with Crippen molar-refractivity contribution >= 4 is 28.9 Å². The molecular formula is C11H12ClFN2S. The fourth-order valence-electron chi connectivity index (χ4n) is 1.46. The van der Waals surface area contributed by atoms with Crippen molar-refractivity contribution in [1.82, 2.24) is 4.98 Å². The second-order valence-corrected chi connectivity index (χ2v) is 4.09. The number of hydrogen-bond donors (Lipinski definition) is 1. The number of nitrogen functional groups attached to an aromatic ring is 1. The van der Waals surface area contributed by atoms with E-state index in [-0.39, 0.29) is 18.2 Å². The van der Waals surface area contributed by atoms with E-state index >= 15 is 0 Å². The number of nitrogens with two attached hydrogens (primary N) is 1. The Balaban J connectivity index is 0.00000128. The fraction of sp³-hybridized carbons (Fsp3) is 0.182. The standard InChI is InChI=1S/C11H11FN2S.ClH/c1-2-7-4-3-5-8(10(7)12)9-6-15-11(13)14-9;/h3-6H,2H2,1H3,(H2,13,14);1H. The molecule has 16 heavy (non-hydrogen) atoms. The zero-order valence-electron chi connectivity index (χ0n) is 8.74. The van der Waals surface area contributed by atoms with Crippen LogP contribution in [-0.4, -0.2) is 4.98 Å². The number of rotatable bonds is 2. The zero-order valence-corrected chi connectivity index (χ0v) is 10.4. The Morgan fingerprint density at radius 3 is 2.75 bits per heavy atom. The van der Waals surface area contributed by atoms with Crippen LogP contribution in [0.1, 0.15) is 12.5 Å². The highest BCUT2D eigenvalue weighted by Gasteiger charge is 2.10. The zero-order chi connectivity index (χ0) is 10.8. The van der Waals surface area contributed by atoms with E-state index in [1.807, 2.05) is 13.0 Å². The average molecular weight is 259 g/mol. The summed E-state index contributed by atoms with van der Waals surface area (Å²) in [5, 5.41) is 2.24. The molecule has 1 aromatic carbocycles. The van der Waals surface area contributed by atoms with Crippen LogP contribution in [0.25, 0.3) is 11.3 Å². The number of halogens is 2. The van der Waals surface area contributed by atoms with E-state index in [1.165, 1.54) is 11.3 Å². The van der Waals surface area contributed by atoms with Crippen molar-refractivity contribution in [2.75, 3.05) is 5.73 Å². The Hall–Kier alpha value is -1.13. The molecule has 0 bridgehead atoms. The van der Waals surface area contributed by atoms with Crippen LogP contribution in [0.4, 0.5) is 9.52 Å². The maximum atomic E-state index is 13.9. The summed E-state index contributed by atoms with van der Waals surface area (Å²) in [6.07, 6.45) is 0.680. The van der Waals surface area contributed by atoms with Gasteiger partial charge in [0.05, 0.1) is 5.69 Å². The van der Waals surface area contributed by atoms with Crippen LogP contribution in [-0.2, 0) is 6.42 Å². The van der Waals surface area contributed by atoms with Gasteiger partial charge in [0, 0.05) is 10.9 Å². The molecule has 2 aromatic rings. The summed E-state index contributed by atoms with van der Waals surface area (Å²) in [6, 6.07) is 5.35. The monoisotopic (exact) mass is 258 g/mol. The first-order chi connectivity index (χ1) is 7.22. The molecule has 1 aromatic heterocycles. The van der Waals surface area contributed by atoms with Crippen LogP contribution in [0, 0.1) is 5.82 Å². The van der Waals surface area contributed by atoms with Crippen molar-refractivity contribution in [3.05, 3.63) is 35.0 Å². The molecule has 0 fully saturated rings. The predicted molar refractivity (Wildman–Crippen MR) is 68.5 cm³/mol. The maximum Gasteiger partial charge on any atom is 0.180 e. The largest absolute Gasteiger partial charge is 0.375 e. The van der Waals surface area contributed by atoms with Gasteiger partial charge in [-0.2, -0.15) is 0 Å². The topological polar surface area (TPSA) is 38.9 Å². The summed E-state index contributed by atoms with van der Waals surface area (Å²) in [7, 11) is 0. The number of thiazole rings is 1. The number of aryl methyl sites for hydroxylation is 1. The van der Waals surface area contributed by atoms with Crippen LogP contribution in [0.3, 0.4) is 0 Å². The fourth-order valence-corrected chi connectivity index (χ4v) is 2.03. The Morgan fingerprint density at radius 2 is 2.19 bits per heavy atom. The second-order valence-electron chi connectivity index (χ2n) is 3.20. The normalized spacial score (nSPS) is 9.88. The quantitative estimate of drug-likeness (QED) is 0.895. The minimum Gasteiger partial charge on any atom is -0.375 e. The molecule has 0 spiro atoms. The average Bonchev–Trinajstić information content (AvgIpc) is 2.65. The van der Waals surface area contributed by atoms with Gasteiger partial charge < -0.3 is 5.73 Å². The molecule has 0 amide bonds. The van der Waals surface area contributed by atoms with E-state index < -0.39 is 0 Å². The lowest BCUT2D eigenvalue weighted by Gasteiger charge is -2.03. The molecule has 1 heterocycles. The highest BCUT2D eigenvalue weighted by atomic mass is 35.5. The van der Waals surface area contributed by atoms with Crippen molar-refractivity contribution in [1.29, 1.82) is 0 Å². The Kier molecular flexibility index (Phi) is 4.26. The lowest BCUT2D eigenvalue weighted by Crippen LogP contribution is -1.92. The molecule has 2 rings (SSSR count). The second kappa shape index (κ2) is 5.27. The summed E-state index contributed by atoms with van der Waals surface area (Å²) in [5.74, 6) is -0.190. The third-order valence-corrected chi connectivity index (χ3v) is 2.93. The lowest BCUT2D eigenvalue weighted by atomic mass is 10.1. The molecule has 0 aliphatic rings. The van der Waals surface area contributed by atoms with E-state index in [0.29, 0.717) is 28.4 Å². The van der Waals surface area contributed by atoms with Gasteiger partial charge in [-0.15, -0.1) is 23.7 Å². The Morgan fingerprint density at radius 1 is 1.44 bits per heavy atom. The van der Waals surface area contributed by atoms with Crippen LogP contribution < -0.4 is 5.73 Å². The first-order valence-corrected chi connectivity index (χ1v) is 5.59. The highest BCUT2D eigenvalue weighted by molar-refractivity contribution is 7.13. The Bertz CT molecular complexity index is 485. The summed E-state index contributed by atoms with van der Waals surface area (Å²) in [6.45, 7) is 1.93. The number of hydrogen-bond acceptors (Lipinski definition) is 3.